The number of carbonyl (C=O) groups is 2. The first-order valence-corrected chi connectivity index (χ1v) is 14.7. The smallest absolute Gasteiger partial charge is 0.309 e. The van der Waals surface area contributed by atoms with Crippen LogP contribution < -0.4 is 0 Å². The maximum Gasteiger partial charge on any atom is 0.309 e. The van der Waals surface area contributed by atoms with Gasteiger partial charge in [-0.1, -0.05) is 117 Å². The lowest BCUT2D eigenvalue weighted by Gasteiger charge is -2.18. The van der Waals surface area contributed by atoms with E-state index in [0.717, 1.165) is 38.5 Å². The molecule has 0 fully saturated rings. The second-order valence-electron chi connectivity index (χ2n) is 10.00. The number of rotatable bonds is 26. The van der Waals surface area contributed by atoms with Crippen LogP contribution in [0.3, 0.4) is 0 Å². The first-order valence-electron chi connectivity index (χ1n) is 14.7. The van der Waals surface area contributed by atoms with Crippen LogP contribution in [0.5, 0.6) is 0 Å². The molecule has 0 saturated heterocycles. The molecule has 0 amide bonds. The molecule has 2 N–H and O–H groups in total. The highest BCUT2D eigenvalue weighted by molar-refractivity contribution is 5.72. The lowest BCUT2D eigenvalue weighted by atomic mass is 9.94. The summed E-state index contributed by atoms with van der Waals surface area (Å²) < 4.78 is 10.5. The third-order valence-electron chi connectivity index (χ3n) is 6.58. The molecule has 0 aromatic heterocycles. The van der Waals surface area contributed by atoms with E-state index in [1.807, 2.05) is 0 Å². The summed E-state index contributed by atoms with van der Waals surface area (Å²) in [5, 5.41) is 19.0. The van der Waals surface area contributed by atoms with Crippen LogP contribution >= 0.6 is 0 Å². The van der Waals surface area contributed by atoms with Gasteiger partial charge in [0.15, 0.2) is 0 Å². The highest BCUT2D eigenvalue weighted by Gasteiger charge is 2.23. The van der Waals surface area contributed by atoms with Crippen LogP contribution in [0.2, 0.25) is 0 Å². The zero-order valence-electron chi connectivity index (χ0n) is 22.9. The number of esters is 2. The molecule has 0 aromatic carbocycles. The number of hydrogen-bond donors (Lipinski definition) is 2. The van der Waals surface area contributed by atoms with Gasteiger partial charge in [0.2, 0.25) is 0 Å². The molecule has 0 saturated carbocycles. The van der Waals surface area contributed by atoms with E-state index in [-0.39, 0.29) is 38.2 Å². The van der Waals surface area contributed by atoms with E-state index in [1.165, 1.54) is 70.6 Å². The Labute approximate surface area is 215 Å². The minimum absolute atomic E-state index is 0.0332. The Morgan fingerprint density at radius 1 is 0.657 bits per heavy atom. The third kappa shape index (κ3) is 23.0. The van der Waals surface area contributed by atoms with Crippen molar-refractivity contribution in [2.24, 2.45) is 5.92 Å². The average Bonchev–Trinajstić information content (AvgIpc) is 2.86. The van der Waals surface area contributed by atoms with E-state index < -0.39 is 12.0 Å². The van der Waals surface area contributed by atoms with E-state index in [4.69, 9.17) is 14.6 Å². The van der Waals surface area contributed by atoms with E-state index in [1.54, 1.807) is 0 Å². The minimum Gasteiger partial charge on any atom is -0.462 e. The second kappa shape index (κ2) is 25.9. The Bertz CT molecular complexity index is 482. The highest BCUT2D eigenvalue weighted by atomic mass is 16.6. The largest absolute Gasteiger partial charge is 0.462 e. The third-order valence-corrected chi connectivity index (χ3v) is 6.58. The van der Waals surface area contributed by atoms with Gasteiger partial charge in [-0.05, 0) is 19.3 Å². The van der Waals surface area contributed by atoms with Crippen molar-refractivity contribution >= 4 is 11.9 Å². The van der Waals surface area contributed by atoms with Crippen LogP contribution in [0.15, 0.2) is 0 Å². The zero-order chi connectivity index (χ0) is 26.0. The van der Waals surface area contributed by atoms with Gasteiger partial charge >= 0.3 is 11.9 Å². The standard InChI is InChI=1S/C29H56O6/c1-3-5-7-9-11-13-15-17-19-21-28(32)34-22-23-35-29(33)26(24-27(31)25-30)20-18-16-14-12-10-8-6-4-2/h26-27,30-31H,3-25H2,1-2H3. The van der Waals surface area contributed by atoms with Gasteiger partial charge in [-0.25, -0.2) is 0 Å². The van der Waals surface area contributed by atoms with Gasteiger partial charge in [0.25, 0.3) is 0 Å². The van der Waals surface area contributed by atoms with Gasteiger partial charge in [0, 0.05) is 6.42 Å². The fourth-order valence-corrected chi connectivity index (χ4v) is 4.33. The molecule has 0 aliphatic heterocycles. The molecule has 0 aromatic rings. The normalized spacial score (nSPS) is 12.9. The summed E-state index contributed by atoms with van der Waals surface area (Å²) in [5.74, 6) is -1.06. The summed E-state index contributed by atoms with van der Waals surface area (Å²) in [6.07, 6.45) is 20.6. The zero-order valence-corrected chi connectivity index (χ0v) is 22.9. The molecule has 35 heavy (non-hydrogen) atoms. The van der Waals surface area contributed by atoms with Gasteiger partial charge in [0.05, 0.1) is 18.6 Å². The first kappa shape index (κ1) is 33.9. The number of hydrogen-bond acceptors (Lipinski definition) is 6. The molecule has 0 radical (unpaired) electrons. The summed E-state index contributed by atoms with van der Waals surface area (Å²) in [6.45, 7) is 4.17. The molecule has 0 aliphatic carbocycles. The quantitative estimate of drug-likeness (QED) is 0.0993. The molecule has 6 nitrogen and oxygen atoms in total. The van der Waals surface area contributed by atoms with Crippen LogP contribution in [-0.4, -0.2) is 48.1 Å². The summed E-state index contributed by atoms with van der Waals surface area (Å²) in [6, 6.07) is 0. The van der Waals surface area contributed by atoms with Crippen molar-refractivity contribution in [3.05, 3.63) is 0 Å². The van der Waals surface area contributed by atoms with E-state index in [0.29, 0.717) is 12.8 Å². The summed E-state index contributed by atoms with van der Waals surface area (Å²) in [4.78, 5) is 24.4. The Morgan fingerprint density at radius 2 is 1.11 bits per heavy atom. The van der Waals surface area contributed by atoms with Gasteiger partial charge in [0.1, 0.15) is 13.2 Å². The van der Waals surface area contributed by atoms with Crippen LogP contribution in [0.25, 0.3) is 0 Å². The number of carbonyl (C=O) groups excluding carboxylic acids is 2. The molecule has 2 unspecified atom stereocenters. The lowest BCUT2D eigenvalue weighted by Crippen LogP contribution is -2.26. The van der Waals surface area contributed by atoms with Crippen molar-refractivity contribution in [2.75, 3.05) is 19.8 Å². The number of aliphatic hydroxyl groups is 2. The van der Waals surface area contributed by atoms with Gasteiger partial charge < -0.3 is 19.7 Å². The van der Waals surface area contributed by atoms with Crippen molar-refractivity contribution in [1.82, 2.24) is 0 Å². The summed E-state index contributed by atoms with van der Waals surface area (Å²) in [5.41, 5.74) is 0. The second-order valence-corrected chi connectivity index (χ2v) is 10.00. The maximum atomic E-state index is 12.5. The minimum atomic E-state index is -0.921. The summed E-state index contributed by atoms with van der Waals surface area (Å²) in [7, 11) is 0. The molecular weight excluding hydrogens is 444 g/mol. The van der Waals surface area contributed by atoms with E-state index in [9.17, 15) is 14.7 Å². The fraction of sp³-hybridized carbons (Fsp3) is 0.931. The monoisotopic (exact) mass is 500 g/mol. The highest BCUT2D eigenvalue weighted by Crippen LogP contribution is 2.19. The van der Waals surface area contributed by atoms with Gasteiger partial charge in [-0.3, -0.25) is 9.59 Å². The molecule has 2 atom stereocenters. The van der Waals surface area contributed by atoms with Crippen molar-refractivity contribution in [3.8, 4) is 0 Å². The number of aliphatic hydroxyl groups excluding tert-OH is 2. The molecule has 6 heteroatoms. The predicted octanol–water partition coefficient (Wildman–Crippen LogP) is 6.88. The lowest BCUT2D eigenvalue weighted by molar-refractivity contribution is -0.156. The Hall–Kier alpha value is -1.14. The van der Waals surface area contributed by atoms with Crippen molar-refractivity contribution < 1.29 is 29.3 Å². The van der Waals surface area contributed by atoms with E-state index in [2.05, 4.69) is 13.8 Å². The predicted molar refractivity (Wildman–Crippen MR) is 142 cm³/mol. The molecular formula is C29H56O6. The maximum absolute atomic E-state index is 12.5. The Balaban J connectivity index is 3.91. The van der Waals surface area contributed by atoms with Crippen molar-refractivity contribution in [3.63, 3.8) is 0 Å². The summed E-state index contributed by atoms with van der Waals surface area (Å²) >= 11 is 0. The molecule has 0 bridgehead atoms. The van der Waals surface area contributed by atoms with Gasteiger partial charge in [-0.2, -0.15) is 0 Å². The Kier molecular flexibility index (Phi) is 25.1. The van der Waals surface area contributed by atoms with Crippen molar-refractivity contribution in [1.29, 1.82) is 0 Å². The topological polar surface area (TPSA) is 93.1 Å². The number of ether oxygens (including phenoxy) is 2. The Morgan fingerprint density at radius 3 is 1.63 bits per heavy atom. The molecule has 208 valence electrons. The molecule has 0 heterocycles. The van der Waals surface area contributed by atoms with Crippen LogP contribution in [0.1, 0.15) is 142 Å². The SMILES string of the molecule is CCCCCCCCCCCC(=O)OCCOC(=O)C(CCCCCCCCCC)CC(O)CO. The van der Waals surface area contributed by atoms with Crippen LogP contribution in [0.4, 0.5) is 0 Å². The molecule has 0 aliphatic rings. The van der Waals surface area contributed by atoms with Crippen LogP contribution in [0, 0.1) is 5.92 Å². The van der Waals surface area contributed by atoms with Crippen molar-refractivity contribution in [2.45, 2.75) is 148 Å². The average molecular weight is 501 g/mol. The van der Waals surface area contributed by atoms with Gasteiger partial charge in [-0.15, -0.1) is 0 Å². The first-order chi connectivity index (χ1) is 17.0. The van der Waals surface area contributed by atoms with Crippen LogP contribution in [-0.2, 0) is 19.1 Å². The molecule has 0 spiro atoms. The number of unbranched alkanes of at least 4 members (excludes halogenated alkanes) is 15. The fourth-order valence-electron chi connectivity index (χ4n) is 4.33. The van der Waals surface area contributed by atoms with E-state index >= 15 is 0 Å². The molecule has 0 rings (SSSR count).